The molecule has 1 aromatic rings. The molecule has 1 amide bonds. The van der Waals surface area contributed by atoms with Crippen LogP contribution in [-0.2, 0) is 11.2 Å². The normalized spacial score (nSPS) is 10.9. The molecule has 0 fully saturated rings. The van der Waals surface area contributed by atoms with E-state index in [0.29, 0.717) is 24.0 Å². The van der Waals surface area contributed by atoms with Crippen molar-refractivity contribution in [3.05, 3.63) is 16.5 Å². The lowest BCUT2D eigenvalue weighted by Gasteiger charge is -2.06. The molecule has 0 saturated carbocycles. The minimum Gasteiger partial charge on any atom is -0.356 e. The number of nitrogens with zero attached hydrogens (tertiary/aromatic N) is 1. The Morgan fingerprint density at radius 1 is 1.50 bits per heavy atom. The number of nitrogens with one attached hydrogen (secondary N) is 1. The van der Waals surface area contributed by atoms with Gasteiger partial charge in [0.15, 0.2) is 0 Å². The number of aromatic nitrogens is 1. The largest absolute Gasteiger partial charge is 0.356 e. The van der Waals surface area contributed by atoms with Gasteiger partial charge in [-0.3, -0.25) is 4.79 Å². The molecule has 0 unspecified atom stereocenters. The Morgan fingerprint density at radius 3 is 2.78 bits per heavy atom. The zero-order chi connectivity index (χ0) is 13.5. The van der Waals surface area contributed by atoms with Crippen molar-refractivity contribution in [1.29, 1.82) is 0 Å². The Labute approximate surface area is 113 Å². The first kappa shape index (κ1) is 15.0. The highest BCUT2D eigenvalue weighted by molar-refractivity contribution is 6.29. The summed E-state index contributed by atoms with van der Waals surface area (Å²) in [5, 5.41) is 6.95. The van der Waals surface area contributed by atoms with Crippen LogP contribution in [-0.4, -0.2) is 17.6 Å². The van der Waals surface area contributed by atoms with Gasteiger partial charge in [0.1, 0.15) is 0 Å². The van der Waals surface area contributed by atoms with E-state index < -0.39 is 0 Å². The van der Waals surface area contributed by atoms with Crippen LogP contribution in [0.1, 0.15) is 44.4 Å². The van der Waals surface area contributed by atoms with E-state index in [0.717, 1.165) is 30.6 Å². The quantitative estimate of drug-likeness (QED) is 0.776. The Kier molecular flexibility index (Phi) is 6.19. The Morgan fingerprint density at radius 2 is 2.22 bits per heavy atom. The van der Waals surface area contributed by atoms with E-state index in [-0.39, 0.29) is 5.91 Å². The second-order valence-electron chi connectivity index (χ2n) is 4.91. The van der Waals surface area contributed by atoms with Gasteiger partial charge in [0, 0.05) is 18.5 Å². The molecule has 4 nitrogen and oxygen atoms in total. The topological polar surface area (TPSA) is 55.1 Å². The summed E-state index contributed by atoms with van der Waals surface area (Å²) < 4.78 is 4.84. The molecule has 5 heteroatoms. The van der Waals surface area contributed by atoms with Gasteiger partial charge in [-0.15, -0.1) is 0 Å². The van der Waals surface area contributed by atoms with Crippen LogP contribution in [0.4, 0.5) is 0 Å². The fourth-order valence-electron chi connectivity index (χ4n) is 1.71. The Balaban J connectivity index is 2.21. The van der Waals surface area contributed by atoms with Gasteiger partial charge in [0.25, 0.3) is 0 Å². The van der Waals surface area contributed by atoms with Crippen molar-refractivity contribution in [3.8, 4) is 0 Å². The van der Waals surface area contributed by atoms with Crippen LogP contribution in [0.15, 0.2) is 4.52 Å². The van der Waals surface area contributed by atoms with Crippen LogP contribution in [0, 0.1) is 12.8 Å². The molecule has 0 atom stereocenters. The highest BCUT2D eigenvalue weighted by Gasteiger charge is 2.12. The maximum Gasteiger partial charge on any atom is 0.229 e. The molecule has 0 aromatic carbocycles. The van der Waals surface area contributed by atoms with Crippen molar-refractivity contribution in [3.63, 3.8) is 0 Å². The summed E-state index contributed by atoms with van der Waals surface area (Å²) in [4.78, 5) is 11.6. The van der Waals surface area contributed by atoms with Gasteiger partial charge in [-0.1, -0.05) is 19.0 Å². The molecule has 0 bridgehead atoms. The molecule has 18 heavy (non-hydrogen) atoms. The SMILES string of the molecule is Cc1noc(Cl)c1CCC(=O)NCCCC(C)C. The summed E-state index contributed by atoms with van der Waals surface area (Å²) in [7, 11) is 0. The fraction of sp³-hybridized carbons (Fsp3) is 0.692. The number of carbonyl (C=O) groups is 1. The van der Waals surface area contributed by atoms with Crippen LogP contribution >= 0.6 is 11.6 Å². The Bertz CT molecular complexity index is 369. The number of aryl methyl sites for hydroxylation is 1. The van der Waals surface area contributed by atoms with Crippen molar-refractivity contribution in [2.45, 2.75) is 46.5 Å². The summed E-state index contributed by atoms with van der Waals surface area (Å²) >= 11 is 5.83. The number of amides is 1. The van der Waals surface area contributed by atoms with Gasteiger partial charge < -0.3 is 9.84 Å². The molecule has 0 spiro atoms. The average Bonchev–Trinajstić information content (AvgIpc) is 2.62. The van der Waals surface area contributed by atoms with Crippen LogP contribution in [0.2, 0.25) is 5.22 Å². The molecule has 1 rings (SSSR count). The van der Waals surface area contributed by atoms with Crippen LogP contribution in [0.25, 0.3) is 0 Å². The van der Waals surface area contributed by atoms with Crippen molar-refractivity contribution in [1.82, 2.24) is 10.5 Å². The van der Waals surface area contributed by atoms with Gasteiger partial charge in [-0.2, -0.15) is 0 Å². The molecule has 0 radical (unpaired) electrons. The maximum atomic E-state index is 11.6. The summed E-state index contributed by atoms with van der Waals surface area (Å²) in [5.41, 5.74) is 1.58. The molecule has 1 heterocycles. The van der Waals surface area contributed by atoms with Crippen molar-refractivity contribution in [2.75, 3.05) is 6.54 Å². The number of carbonyl (C=O) groups excluding carboxylic acids is 1. The van der Waals surface area contributed by atoms with Gasteiger partial charge >= 0.3 is 0 Å². The van der Waals surface area contributed by atoms with E-state index in [2.05, 4.69) is 24.3 Å². The first-order valence-electron chi connectivity index (χ1n) is 6.38. The Hall–Kier alpha value is -1.03. The molecule has 0 aliphatic carbocycles. The summed E-state index contributed by atoms with van der Waals surface area (Å²) in [5.74, 6) is 0.732. The van der Waals surface area contributed by atoms with E-state index in [9.17, 15) is 4.79 Å². The third-order valence-electron chi connectivity index (χ3n) is 2.82. The molecule has 1 N–H and O–H groups in total. The lowest BCUT2D eigenvalue weighted by atomic mass is 10.1. The van der Waals surface area contributed by atoms with Crippen LogP contribution < -0.4 is 5.32 Å². The predicted molar refractivity (Wildman–Crippen MR) is 71.7 cm³/mol. The minimum atomic E-state index is 0.0513. The van der Waals surface area contributed by atoms with E-state index in [1.807, 2.05) is 6.92 Å². The zero-order valence-corrected chi connectivity index (χ0v) is 12.0. The molecule has 102 valence electrons. The van der Waals surface area contributed by atoms with Crippen molar-refractivity contribution < 1.29 is 9.32 Å². The third kappa shape index (κ3) is 5.08. The minimum absolute atomic E-state index is 0.0513. The lowest BCUT2D eigenvalue weighted by Crippen LogP contribution is -2.24. The molecule has 0 aliphatic rings. The van der Waals surface area contributed by atoms with Crippen molar-refractivity contribution in [2.24, 2.45) is 5.92 Å². The maximum absolute atomic E-state index is 11.6. The van der Waals surface area contributed by atoms with Gasteiger partial charge in [0.2, 0.25) is 11.1 Å². The second-order valence-corrected chi connectivity index (χ2v) is 5.25. The van der Waals surface area contributed by atoms with E-state index in [4.69, 9.17) is 16.1 Å². The number of hydrogen-bond acceptors (Lipinski definition) is 3. The summed E-state index contributed by atoms with van der Waals surface area (Å²) in [6.07, 6.45) is 3.15. The van der Waals surface area contributed by atoms with Crippen LogP contribution in [0.5, 0.6) is 0 Å². The van der Waals surface area contributed by atoms with E-state index >= 15 is 0 Å². The number of rotatable bonds is 7. The molecular formula is C13H21ClN2O2. The monoisotopic (exact) mass is 272 g/mol. The first-order chi connectivity index (χ1) is 8.50. The van der Waals surface area contributed by atoms with Crippen molar-refractivity contribution >= 4 is 17.5 Å². The van der Waals surface area contributed by atoms with E-state index in [1.54, 1.807) is 0 Å². The second kappa shape index (κ2) is 7.41. The number of hydrogen-bond donors (Lipinski definition) is 1. The summed E-state index contributed by atoms with van der Waals surface area (Å²) in [6, 6.07) is 0. The average molecular weight is 273 g/mol. The number of halogens is 1. The highest BCUT2D eigenvalue weighted by Crippen LogP contribution is 2.20. The summed E-state index contributed by atoms with van der Waals surface area (Å²) in [6.45, 7) is 6.93. The highest BCUT2D eigenvalue weighted by atomic mass is 35.5. The van der Waals surface area contributed by atoms with E-state index in [1.165, 1.54) is 0 Å². The van der Waals surface area contributed by atoms with Gasteiger partial charge in [-0.25, -0.2) is 0 Å². The predicted octanol–water partition coefficient (Wildman–Crippen LogP) is 3.12. The molecule has 1 aromatic heterocycles. The smallest absolute Gasteiger partial charge is 0.229 e. The van der Waals surface area contributed by atoms with Gasteiger partial charge in [-0.05, 0) is 43.7 Å². The molecule has 0 aliphatic heterocycles. The third-order valence-corrected chi connectivity index (χ3v) is 3.12. The first-order valence-corrected chi connectivity index (χ1v) is 6.75. The lowest BCUT2D eigenvalue weighted by molar-refractivity contribution is -0.121. The molecule has 0 saturated heterocycles. The molecular weight excluding hydrogens is 252 g/mol. The fourth-order valence-corrected chi connectivity index (χ4v) is 1.97. The zero-order valence-electron chi connectivity index (χ0n) is 11.3. The van der Waals surface area contributed by atoms with Crippen LogP contribution in [0.3, 0.4) is 0 Å². The van der Waals surface area contributed by atoms with Gasteiger partial charge in [0.05, 0.1) is 5.69 Å². The standard InChI is InChI=1S/C13H21ClN2O2/c1-9(2)5-4-8-15-12(17)7-6-11-10(3)16-18-13(11)14/h9H,4-8H2,1-3H3,(H,15,17).